The Bertz CT molecular complexity index is 442. The molecule has 1 aliphatic rings. The quantitative estimate of drug-likeness (QED) is 0.442. The van der Waals surface area contributed by atoms with Crippen molar-refractivity contribution in [3.05, 3.63) is 0 Å². The average molecular weight is 361 g/mol. The van der Waals surface area contributed by atoms with Crippen molar-refractivity contribution in [2.45, 2.75) is 31.9 Å². The summed E-state index contributed by atoms with van der Waals surface area (Å²) < 4.78 is 6.62. The van der Waals surface area contributed by atoms with Crippen LogP contribution >= 0.6 is 21.8 Å². The number of hydrogen-bond donors (Lipinski definition) is 1. The van der Waals surface area contributed by atoms with E-state index in [1.54, 1.807) is 4.90 Å². The minimum Gasteiger partial charge on any atom is -0.378 e. The van der Waals surface area contributed by atoms with E-state index in [0.29, 0.717) is 26.3 Å². The van der Waals surface area contributed by atoms with Crippen LogP contribution in [0.25, 0.3) is 0 Å². The van der Waals surface area contributed by atoms with E-state index in [4.69, 9.17) is 10.00 Å². The summed E-state index contributed by atoms with van der Waals surface area (Å²) in [5.41, 5.74) is 0. The van der Waals surface area contributed by atoms with E-state index in [9.17, 15) is 9.59 Å². The Hall–Kier alpha value is -1.11. The van der Waals surface area contributed by atoms with Crippen molar-refractivity contribution < 1.29 is 14.3 Å². The fourth-order valence-corrected chi connectivity index (χ4v) is 3.60. The Kier molecular flexibility index (Phi) is 8.58. The van der Waals surface area contributed by atoms with Gasteiger partial charge in [0.25, 0.3) is 0 Å². The van der Waals surface area contributed by atoms with E-state index in [-0.39, 0.29) is 36.2 Å². The summed E-state index contributed by atoms with van der Waals surface area (Å²) in [6.45, 7) is 8.65. The zero-order chi connectivity index (χ0) is 17.3. The van der Waals surface area contributed by atoms with Crippen molar-refractivity contribution in [3.63, 3.8) is 0 Å². The second-order valence-corrected chi connectivity index (χ2v) is 8.87. The molecule has 0 aromatic rings. The molecule has 1 rings (SSSR count). The van der Waals surface area contributed by atoms with Crippen LogP contribution in [-0.2, 0) is 9.53 Å². The summed E-state index contributed by atoms with van der Waals surface area (Å²) in [6, 6.07) is 1.82. The number of carbonyl (C=O) groups excluding carboxylic acids is 2. The maximum atomic E-state index is 12.2. The summed E-state index contributed by atoms with van der Waals surface area (Å²) in [5, 5.41) is 11.6. The largest absolute Gasteiger partial charge is 0.378 e. The number of carbonyl (C=O) groups is 2. The highest BCUT2D eigenvalue weighted by Crippen LogP contribution is 2.37. The first kappa shape index (κ1) is 19.9. The number of nitriles is 1. The summed E-state index contributed by atoms with van der Waals surface area (Å²) in [6.07, 6.45) is 0.176. The lowest BCUT2D eigenvalue weighted by atomic mass is 10.3. The number of ether oxygens (including phenoxy) is 1. The third kappa shape index (κ3) is 8.34. The SMILES string of the molecule is CC(C)(C)SSN(CC#N)C(=O)CCNC(=O)N1CCOCC1. The van der Waals surface area contributed by atoms with Gasteiger partial charge in [0.05, 0.1) is 19.3 Å². The van der Waals surface area contributed by atoms with E-state index >= 15 is 0 Å². The molecule has 3 amide bonds. The van der Waals surface area contributed by atoms with E-state index in [0.717, 1.165) is 0 Å². The maximum absolute atomic E-state index is 12.2. The van der Waals surface area contributed by atoms with Crippen LogP contribution in [0, 0.1) is 11.3 Å². The molecule has 130 valence electrons. The maximum Gasteiger partial charge on any atom is 0.317 e. The summed E-state index contributed by atoms with van der Waals surface area (Å²) in [5.74, 6) is -0.157. The molecular formula is C14H24N4O3S2. The number of morpholine rings is 1. The number of amides is 3. The molecule has 1 heterocycles. The van der Waals surface area contributed by atoms with Crippen LogP contribution in [0.4, 0.5) is 4.79 Å². The molecule has 0 radical (unpaired) electrons. The Morgan fingerprint density at radius 1 is 1.35 bits per heavy atom. The first-order valence-electron chi connectivity index (χ1n) is 7.47. The summed E-state index contributed by atoms with van der Waals surface area (Å²) >= 11 is 0. The van der Waals surface area contributed by atoms with Crippen LogP contribution < -0.4 is 5.32 Å². The van der Waals surface area contributed by atoms with Gasteiger partial charge in [-0.2, -0.15) is 5.26 Å². The van der Waals surface area contributed by atoms with Gasteiger partial charge < -0.3 is 15.0 Å². The molecule has 0 bridgehead atoms. The zero-order valence-corrected chi connectivity index (χ0v) is 15.5. The third-order valence-corrected chi connectivity index (χ3v) is 6.13. The molecule has 1 aliphatic heterocycles. The van der Waals surface area contributed by atoms with Gasteiger partial charge in [0.15, 0.2) is 0 Å². The number of hydrogen-bond acceptors (Lipinski definition) is 6. The van der Waals surface area contributed by atoms with E-state index in [1.807, 2.05) is 26.8 Å². The van der Waals surface area contributed by atoms with Crippen LogP contribution in [0.5, 0.6) is 0 Å². The van der Waals surface area contributed by atoms with Gasteiger partial charge in [0.1, 0.15) is 6.54 Å². The van der Waals surface area contributed by atoms with Gasteiger partial charge in [-0.1, -0.05) is 31.6 Å². The monoisotopic (exact) mass is 360 g/mol. The van der Waals surface area contributed by atoms with Crippen molar-refractivity contribution in [3.8, 4) is 6.07 Å². The second-order valence-electron chi connectivity index (χ2n) is 5.94. The molecule has 1 fully saturated rings. The van der Waals surface area contributed by atoms with Gasteiger partial charge in [-0.15, -0.1) is 0 Å². The highest BCUT2D eigenvalue weighted by Gasteiger charge is 2.20. The summed E-state index contributed by atoms with van der Waals surface area (Å²) in [7, 11) is 2.82. The fraction of sp³-hybridized carbons (Fsp3) is 0.786. The molecule has 7 nitrogen and oxygen atoms in total. The van der Waals surface area contributed by atoms with Crippen molar-refractivity contribution in [2.24, 2.45) is 0 Å². The predicted molar refractivity (Wildman–Crippen MR) is 92.7 cm³/mol. The molecule has 9 heteroatoms. The smallest absolute Gasteiger partial charge is 0.317 e. The molecule has 1 saturated heterocycles. The molecule has 0 spiro atoms. The van der Waals surface area contributed by atoms with Gasteiger partial charge in [-0.3, -0.25) is 9.10 Å². The van der Waals surface area contributed by atoms with Gasteiger partial charge in [-0.25, -0.2) is 4.79 Å². The van der Waals surface area contributed by atoms with Crippen LogP contribution in [0.15, 0.2) is 0 Å². The number of urea groups is 1. The van der Waals surface area contributed by atoms with Crippen molar-refractivity contribution >= 4 is 33.7 Å². The normalized spacial score (nSPS) is 15.0. The van der Waals surface area contributed by atoms with Crippen LogP contribution in [-0.4, -0.2) is 65.3 Å². The Balaban J connectivity index is 2.34. The minimum atomic E-state index is -0.176. The first-order chi connectivity index (χ1) is 10.8. The van der Waals surface area contributed by atoms with Gasteiger partial charge in [0, 0.05) is 41.8 Å². The lowest BCUT2D eigenvalue weighted by Crippen LogP contribution is -2.46. The molecule has 0 aliphatic carbocycles. The number of nitrogens with one attached hydrogen (secondary N) is 1. The van der Waals surface area contributed by atoms with Crippen LogP contribution in [0.1, 0.15) is 27.2 Å². The molecule has 0 unspecified atom stereocenters. The lowest BCUT2D eigenvalue weighted by molar-refractivity contribution is -0.125. The zero-order valence-electron chi connectivity index (χ0n) is 13.8. The Labute approximate surface area is 145 Å². The molecule has 23 heavy (non-hydrogen) atoms. The van der Waals surface area contributed by atoms with E-state index in [2.05, 4.69) is 5.32 Å². The van der Waals surface area contributed by atoms with Crippen molar-refractivity contribution in [1.29, 1.82) is 5.26 Å². The van der Waals surface area contributed by atoms with Gasteiger partial charge in [0.2, 0.25) is 5.91 Å². The van der Waals surface area contributed by atoms with E-state index in [1.165, 1.54) is 26.1 Å². The predicted octanol–water partition coefficient (Wildman–Crippen LogP) is 1.87. The van der Waals surface area contributed by atoms with Crippen molar-refractivity contribution in [1.82, 2.24) is 14.5 Å². The van der Waals surface area contributed by atoms with Crippen molar-refractivity contribution in [2.75, 3.05) is 39.4 Å². The van der Waals surface area contributed by atoms with E-state index < -0.39 is 0 Å². The Morgan fingerprint density at radius 3 is 2.57 bits per heavy atom. The average Bonchev–Trinajstić information content (AvgIpc) is 2.51. The highest BCUT2D eigenvalue weighted by atomic mass is 33.1. The number of nitrogens with zero attached hydrogens (tertiary/aromatic N) is 3. The highest BCUT2D eigenvalue weighted by molar-refractivity contribution is 8.76. The molecular weight excluding hydrogens is 336 g/mol. The molecule has 0 saturated carbocycles. The van der Waals surface area contributed by atoms with Crippen LogP contribution in [0.2, 0.25) is 0 Å². The van der Waals surface area contributed by atoms with Gasteiger partial charge >= 0.3 is 6.03 Å². The molecule has 0 atom stereocenters. The van der Waals surface area contributed by atoms with Gasteiger partial charge in [-0.05, 0) is 0 Å². The fourth-order valence-electron chi connectivity index (χ4n) is 1.66. The first-order valence-corrected chi connectivity index (χ1v) is 9.58. The standard InChI is InChI=1S/C14H24N4O3S2/c1-14(2,3)22-23-18(7-5-15)12(19)4-6-16-13(20)17-8-10-21-11-9-17/h4,6-11H2,1-3H3,(H,16,20). The Morgan fingerprint density at radius 2 is 2.00 bits per heavy atom. The third-order valence-electron chi connectivity index (χ3n) is 2.78. The summed E-state index contributed by atoms with van der Waals surface area (Å²) in [4.78, 5) is 25.7. The minimum absolute atomic E-state index is 0.0107. The molecule has 0 aromatic carbocycles. The van der Waals surface area contributed by atoms with Crippen LogP contribution in [0.3, 0.4) is 0 Å². The number of rotatable bonds is 6. The topological polar surface area (TPSA) is 85.7 Å². The lowest BCUT2D eigenvalue weighted by Gasteiger charge is -2.27. The second kappa shape index (κ2) is 9.90. The molecule has 1 N–H and O–H groups in total. The molecule has 0 aromatic heterocycles.